The third kappa shape index (κ3) is 3.94. The first-order chi connectivity index (χ1) is 13.7. The topological polar surface area (TPSA) is 74.6 Å². The number of hydrogen-bond donors (Lipinski definition) is 2. The molecule has 3 atom stereocenters. The Morgan fingerprint density at radius 1 is 1.31 bits per heavy atom. The molecule has 0 aliphatic carbocycles. The van der Waals surface area contributed by atoms with Gasteiger partial charge in [0.2, 0.25) is 11.8 Å². The zero-order chi connectivity index (χ0) is 21.3. The Bertz CT molecular complexity index is 931. The van der Waals surface area contributed by atoms with Crippen molar-refractivity contribution in [2.24, 2.45) is 5.92 Å². The van der Waals surface area contributed by atoms with Crippen LogP contribution in [0.4, 0.5) is 0 Å². The second-order valence-electron chi connectivity index (χ2n) is 8.65. The number of hydrogen-bond acceptors (Lipinski definition) is 3. The number of allylic oxidation sites excluding steroid dienone is 1. The van der Waals surface area contributed by atoms with E-state index in [4.69, 9.17) is 0 Å². The summed E-state index contributed by atoms with van der Waals surface area (Å²) >= 11 is 0. The summed E-state index contributed by atoms with van der Waals surface area (Å²) in [4.78, 5) is 27.2. The predicted molar refractivity (Wildman–Crippen MR) is 115 cm³/mol. The summed E-state index contributed by atoms with van der Waals surface area (Å²) in [5.41, 5.74) is 1.81. The third-order valence-corrected chi connectivity index (χ3v) is 6.01. The molecule has 2 heterocycles. The molecule has 1 fully saturated rings. The van der Waals surface area contributed by atoms with Crippen LogP contribution in [0, 0.1) is 5.92 Å². The van der Waals surface area contributed by atoms with Crippen molar-refractivity contribution in [1.29, 1.82) is 0 Å². The molecule has 0 saturated carbocycles. The number of fused-ring (bicyclic) bond motifs is 1. The minimum Gasteiger partial charge on any atom is -0.396 e. The Morgan fingerprint density at radius 3 is 2.66 bits per heavy atom. The van der Waals surface area contributed by atoms with Crippen molar-refractivity contribution in [2.45, 2.75) is 51.2 Å². The highest BCUT2D eigenvalue weighted by Crippen LogP contribution is 2.30. The fourth-order valence-electron chi connectivity index (χ4n) is 3.97. The van der Waals surface area contributed by atoms with Crippen molar-refractivity contribution in [1.82, 2.24) is 14.8 Å². The summed E-state index contributed by atoms with van der Waals surface area (Å²) in [6.07, 6.45) is 4.84. The van der Waals surface area contributed by atoms with Crippen LogP contribution < -0.4 is 5.32 Å². The average Bonchev–Trinajstić information content (AvgIpc) is 3.08. The van der Waals surface area contributed by atoms with E-state index in [1.165, 1.54) is 4.90 Å². The summed E-state index contributed by atoms with van der Waals surface area (Å²) in [6, 6.07) is 6.95. The normalized spacial score (nSPS) is 21.3. The fourth-order valence-corrected chi connectivity index (χ4v) is 3.97. The van der Waals surface area contributed by atoms with Crippen molar-refractivity contribution in [3.8, 4) is 0 Å². The van der Waals surface area contributed by atoms with E-state index in [0.29, 0.717) is 12.8 Å². The number of likely N-dealkylation sites (N-methyl/N-ethyl adjacent to an activating group) is 1. The van der Waals surface area contributed by atoms with E-state index < -0.39 is 12.1 Å². The maximum absolute atomic E-state index is 13.0. The van der Waals surface area contributed by atoms with Gasteiger partial charge in [0, 0.05) is 37.2 Å². The van der Waals surface area contributed by atoms with E-state index in [1.807, 2.05) is 31.2 Å². The number of amides is 2. The summed E-state index contributed by atoms with van der Waals surface area (Å²) in [7, 11) is 1.67. The number of rotatable bonds is 7. The smallest absolute Gasteiger partial charge is 0.245 e. The van der Waals surface area contributed by atoms with Crippen molar-refractivity contribution >= 4 is 22.7 Å². The molecule has 3 unspecified atom stereocenters. The van der Waals surface area contributed by atoms with Gasteiger partial charge in [-0.3, -0.25) is 9.59 Å². The van der Waals surface area contributed by atoms with Crippen LogP contribution >= 0.6 is 0 Å². The first-order valence-electron chi connectivity index (χ1n) is 10.1. The van der Waals surface area contributed by atoms with Crippen LogP contribution in [0.1, 0.15) is 32.8 Å². The molecule has 2 N–H and O–H groups in total. The van der Waals surface area contributed by atoms with Crippen molar-refractivity contribution < 1.29 is 14.7 Å². The van der Waals surface area contributed by atoms with Crippen LogP contribution in [-0.2, 0) is 21.5 Å². The van der Waals surface area contributed by atoms with Crippen LogP contribution in [-0.4, -0.2) is 52.1 Å². The molecule has 1 saturated heterocycles. The number of nitrogens with zero attached hydrogens (tertiary/aromatic N) is 2. The van der Waals surface area contributed by atoms with Gasteiger partial charge in [0.15, 0.2) is 0 Å². The molecule has 0 bridgehead atoms. The van der Waals surface area contributed by atoms with Gasteiger partial charge < -0.3 is 19.9 Å². The van der Waals surface area contributed by atoms with Crippen LogP contribution in [0.2, 0.25) is 0 Å². The molecule has 0 radical (unpaired) electrons. The van der Waals surface area contributed by atoms with Crippen LogP contribution in [0.15, 0.2) is 43.1 Å². The largest absolute Gasteiger partial charge is 0.396 e. The molecule has 0 spiro atoms. The van der Waals surface area contributed by atoms with E-state index in [0.717, 1.165) is 16.5 Å². The monoisotopic (exact) mass is 397 g/mol. The van der Waals surface area contributed by atoms with Crippen LogP contribution in [0.3, 0.4) is 0 Å². The van der Waals surface area contributed by atoms with Gasteiger partial charge in [0.05, 0.1) is 5.54 Å². The first kappa shape index (κ1) is 21.1. The van der Waals surface area contributed by atoms with Gasteiger partial charge in [-0.05, 0) is 37.8 Å². The highest BCUT2D eigenvalue weighted by Gasteiger charge is 2.39. The minimum absolute atomic E-state index is 0.00612. The van der Waals surface area contributed by atoms with Crippen molar-refractivity contribution in [3.05, 3.63) is 48.7 Å². The Balaban J connectivity index is 1.89. The molecule has 156 valence electrons. The Kier molecular flexibility index (Phi) is 5.85. The summed E-state index contributed by atoms with van der Waals surface area (Å²) in [6.45, 7) is 9.99. The summed E-state index contributed by atoms with van der Waals surface area (Å²) in [5.74, 6) is -0.302. The molecule has 3 rings (SSSR count). The minimum atomic E-state index is -0.598. The second kappa shape index (κ2) is 8.03. The fraction of sp³-hybridized carbons (Fsp3) is 0.478. The summed E-state index contributed by atoms with van der Waals surface area (Å²) in [5, 5.41) is 13.3. The number of para-hydroxylation sites is 1. The quantitative estimate of drug-likeness (QED) is 0.705. The van der Waals surface area contributed by atoms with Crippen LogP contribution in [0.25, 0.3) is 10.9 Å². The molecule has 29 heavy (non-hydrogen) atoms. The van der Waals surface area contributed by atoms with Gasteiger partial charge in [0.1, 0.15) is 12.1 Å². The lowest BCUT2D eigenvalue weighted by molar-refractivity contribution is -0.148. The number of carbonyl (C=O) groups excluding carboxylic acids is 2. The highest BCUT2D eigenvalue weighted by molar-refractivity contribution is 5.97. The zero-order valence-electron chi connectivity index (χ0n) is 17.7. The molecule has 1 aromatic carbocycles. The van der Waals surface area contributed by atoms with Gasteiger partial charge in [-0.1, -0.05) is 31.2 Å². The van der Waals surface area contributed by atoms with Gasteiger partial charge in [0.25, 0.3) is 0 Å². The van der Waals surface area contributed by atoms with Gasteiger partial charge in [-0.25, -0.2) is 0 Å². The lowest BCUT2D eigenvalue weighted by Gasteiger charge is -2.37. The number of aliphatic hydroxyl groups excluding tert-OH is 1. The standard InChI is InChI=1S/C23H31N3O3/c1-6-23(3,4)26-13-16(17-9-7-8-10-19(17)26)12-18-22(29)25(5)20(21(28)24-18)11-15(2)14-27/h6-10,13,15,18,20,27H,1,11-12,14H2,2-5H3,(H,24,28). The molecule has 1 aliphatic heterocycles. The highest BCUT2D eigenvalue weighted by atomic mass is 16.3. The molecule has 2 aromatic rings. The molecule has 2 amide bonds. The molecular formula is C23H31N3O3. The molecule has 1 aliphatic rings. The molecule has 6 nitrogen and oxygen atoms in total. The first-order valence-corrected chi connectivity index (χ1v) is 10.1. The van der Waals surface area contributed by atoms with Gasteiger partial charge in [-0.2, -0.15) is 0 Å². The lowest BCUT2D eigenvalue weighted by atomic mass is 9.95. The van der Waals surface area contributed by atoms with E-state index in [2.05, 4.69) is 42.6 Å². The maximum atomic E-state index is 13.0. The number of benzene rings is 1. The van der Waals surface area contributed by atoms with E-state index >= 15 is 0 Å². The number of aliphatic hydroxyl groups is 1. The van der Waals surface area contributed by atoms with Gasteiger partial charge in [-0.15, -0.1) is 6.58 Å². The predicted octanol–water partition coefficient (Wildman–Crippen LogP) is 2.45. The molecular weight excluding hydrogens is 366 g/mol. The van der Waals surface area contributed by atoms with Crippen molar-refractivity contribution in [2.75, 3.05) is 13.7 Å². The van der Waals surface area contributed by atoms with E-state index in [1.54, 1.807) is 7.05 Å². The Labute approximate surface area is 172 Å². The van der Waals surface area contributed by atoms with Crippen molar-refractivity contribution in [3.63, 3.8) is 0 Å². The number of nitrogens with one attached hydrogen (secondary N) is 1. The average molecular weight is 398 g/mol. The van der Waals surface area contributed by atoms with E-state index in [-0.39, 0.29) is 29.9 Å². The zero-order valence-corrected chi connectivity index (χ0v) is 17.7. The van der Waals surface area contributed by atoms with Crippen LogP contribution in [0.5, 0.6) is 0 Å². The summed E-state index contributed by atoms with van der Waals surface area (Å²) < 4.78 is 2.16. The Hall–Kier alpha value is -2.60. The lowest BCUT2D eigenvalue weighted by Crippen LogP contribution is -2.62. The number of aromatic nitrogens is 1. The van der Waals surface area contributed by atoms with E-state index in [9.17, 15) is 14.7 Å². The number of piperazine rings is 1. The third-order valence-electron chi connectivity index (χ3n) is 6.01. The second-order valence-corrected chi connectivity index (χ2v) is 8.65. The number of carbonyl (C=O) groups is 2. The SMILES string of the molecule is C=CC(C)(C)n1cc(CC2NC(=O)C(CC(C)CO)N(C)C2=O)c2ccccc21. The molecule has 1 aromatic heterocycles. The maximum Gasteiger partial charge on any atom is 0.245 e. The Morgan fingerprint density at radius 2 is 2.00 bits per heavy atom. The molecule has 6 heteroatoms. The van der Waals surface area contributed by atoms with Gasteiger partial charge >= 0.3 is 0 Å².